The molecule has 1 aliphatic carbocycles. The molecule has 1 saturated carbocycles. The van der Waals surface area contributed by atoms with Gasteiger partial charge in [-0.15, -0.1) is 0 Å². The molecular formula is C17H23N3O. The molecule has 0 spiro atoms. The molecule has 21 heavy (non-hydrogen) atoms. The lowest BCUT2D eigenvalue weighted by atomic mass is 9.86. The summed E-state index contributed by atoms with van der Waals surface area (Å²) in [5.74, 6) is 2.55. The van der Waals surface area contributed by atoms with Crippen LogP contribution in [0.5, 0.6) is 5.75 Å². The van der Waals surface area contributed by atoms with Crippen molar-refractivity contribution in [1.29, 1.82) is 0 Å². The number of nitrogens with two attached hydrogens (primary N) is 1. The van der Waals surface area contributed by atoms with Crippen LogP contribution in [0.1, 0.15) is 25.7 Å². The summed E-state index contributed by atoms with van der Waals surface area (Å²) in [4.78, 5) is 4.49. The zero-order chi connectivity index (χ0) is 14.7. The zero-order valence-electron chi connectivity index (χ0n) is 12.5. The van der Waals surface area contributed by atoms with E-state index in [4.69, 9.17) is 10.5 Å². The first kappa shape index (κ1) is 14.1. The summed E-state index contributed by atoms with van der Waals surface area (Å²) in [6.45, 7) is 0.977. The van der Waals surface area contributed by atoms with Gasteiger partial charge in [0.1, 0.15) is 11.6 Å². The van der Waals surface area contributed by atoms with Crippen LogP contribution in [0.4, 0.5) is 5.82 Å². The molecule has 3 rings (SSSR count). The van der Waals surface area contributed by atoms with Crippen LogP contribution in [0.15, 0.2) is 30.5 Å². The van der Waals surface area contributed by atoms with Crippen molar-refractivity contribution in [3.8, 4) is 5.75 Å². The fourth-order valence-corrected chi connectivity index (χ4v) is 3.06. The number of anilines is 1. The Labute approximate surface area is 125 Å². The van der Waals surface area contributed by atoms with Gasteiger partial charge in [-0.2, -0.15) is 0 Å². The van der Waals surface area contributed by atoms with E-state index < -0.39 is 0 Å². The molecule has 4 nitrogen and oxygen atoms in total. The molecule has 0 radical (unpaired) electrons. The Morgan fingerprint density at radius 1 is 1.24 bits per heavy atom. The predicted octanol–water partition coefficient (Wildman–Crippen LogP) is 3.17. The van der Waals surface area contributed by atoms with E-state index in [1.807, 2.05) is 24.4 Å². The monoisotopic (exact) mass is 285 g/mol. The highest BCUT2D eigenvalue weighted by molar-refractivity contribution is 5.92. The lowest BCUT2D eigenvalue weighted by Crippen LogP contribution is -2.29. The van der Waals surface area contributed by atoms with Gasteiger partial charge in [0, 0.05) is 24.2 Å². The molecule has 0 saturated heterocycles. The molecule has 1 aliphatic rings. The highest BCUT2D eigenvalue weighted by atomic mass is 16.5. The van der Waals surface area contributed by atoms with E-state index in [0.717, 1.165) is 41.7 Å². The summed E-state index contributed by atoms with van der Waals surface area (Å²) in [5, 5.41) is 5.81. The van der Waals surface area contributed by atoms with Crippen LogP contribution in [-0.4, -0.2) is 24.7 Å². The van der Waals surface area contributed by atoms with Crippen molar-refractivity contribution in [3.63, 3.8) is 0 Å². The van der Waals surface area contributed by atoms with Crippen LogP contribution in [0, 0.1) is 5.92 Å². The Balaban J connectivity index is 1.72. The summed E-state index contributed by atoms with van der Waals surface area (Å²) in [7, 11) is 1.69. The molecule has 0 unspecified atom stereocenters. The normalized spacial score (nSPS) is 22.2. The number of aromatic nitrogens is 1. The van der Waals surface area contributed by atoms with Gasteiger partial charge in [-0.05, 0) is 61.3 Å². The zero-order valence-corrected chi connectivity index (χ0v) is 12.5. The number of hydrogen-bond acceptors (Lipinski definition) is 4. The summed E-state index contributed by atoms with van der Waals surface area (Å²) in [6.07, 6.45) is 6.57. The van der Waals surface area contributed by atoms with E-state index in [1.54, 1.807) is 7.11 Å². The highest BCUT2D eigenvalue weighted by Crippen LogP contribution is 2.27. The second-order valence-corrected chi connectivity index (χ2v) is 5.91. The number of nitrogens with one attached hydrogen (secondary N) is 1. The number of rotatable bonds is 4. The predicted molar refractivity (Wildman–Crippen MR) is 86.7 cm³/mol. The molecule has 1 heterocycles. The average Bonchev–Trinajstić information content (AvgIpc) is 2.53. The van der Waals surface area contributed by atoms with Gasteiger partial charge in [-0.3, -0.25) is 0 Å². The van der Waals surface area contributed by atoms with Crippen molar-refractivity contribution in [1.82, 2.24) is 4.98 Å². The van der Waals surface area contributed by atoms with Crippen LogP contribution in [0.25, 0.3) is 10.8 Å². The van der Waals surface area contributed by atoms with E-state index in [2.05, 4.69) is 16.4 Å². The number of methoxy groups -OCH3 is 1. The molecule has 1 fully saturated rings. The third-order valence-corrected chi connectivity index (χ3v) is 4.42. The Kier molecular flexibility index (Phi) is 4.25. The maximum atomic E-state index is 5.96. The van der Waals surface area contributed by atoms with Gasteiger partial charge in [0.2, 0.25) is 0 Å². The van der Waals surface area contributed by atoms with Crippen molar-refractivity contribution < 1.29 is 4.74 Å². The minimum absolute atomic E-state index is 0.407. The molecule has 1 aromatic heterocycles. The van der Waals surface area contributed by atoms with Gasteiger partial charge in [0.25, 0.3) is 0 Å². The molecule has 0 atom stereocenters. The van der Waals surface area contributed by atoms with Gasteiger partial charge >= 0.3 is 0 Å². The average molecular weight is 285 g/mol. The van der Waals surface area contributed by atoms with E-state index in [9.17, 15) is 0 Å². The van der Waals surface area contributed by atoms with Gasteiger partial charge in [-0.25, -0.2) is 4.98 Å². The largest absolute Gasteiger partial charge is 0.497 e. The van der Waals surface area contributed by atoms with Gasteiger partial charge in [0.15, 0.2) is 0 Å². The summed E-state index contributed by atoms with van der Waals surface area (Å²) in [5.41, 5.74) is 5.96. The second-order valence-electron chi connectivity index (χ2n) is 5.91. The minimum atomic E-state index is 0.407. The first-order chi connectivity index (χ1) is 10.3. The topological polar surface area (TPSA) is 60.2 Å². The standard InChI is InChI=1S/C17H23N3O/c1-21-15-6-7-16-13(10-15)8-9-19-17(16)20-11-12-2-4-14(18)5-3-12/h6-10,12,14H,2-5,11,18H2,1H3,(H,19,20). The van der Waals surface area contributed by atoms with Crippen LogP contribution >= 0.6 is 0 Å². The van der Waals surface area contributed by atoms with Gasteiger partial charge in [-0.1, -0.05) is 0 Å². The molecule has 1 aromatic carbocycles. The minimum Gasteiger partial charge on any atom is -0.497 e. The van der Waals surface area contributed by atoms with Gasteiger partial charge < -0.3 is 15.8 Å². The molecule has 0 bridgehead atoms. The fraction of sp³-hybridized carbons (Fsp3) is 0.471. The fourth-order valence-electron chi connectivity index (χ4n) is 3.06. The number of nitrogens with zero attached hydrogens (tertiary/aromatic N) is 1. The number of ether oxygens (including phenoxy) is 1. The number of pyridine rings is 1. The third-order valence-electron chi connectivity index (χ3n) is 4.42. The van der Waals surface area contributed by atoms with Crippen LogP contribution < -0.4 is 15.8 Å². The maximum absolute atomic E-state index is 5.96. The first-order valence-corrected chi connectivity index (χ1v) is 7.68. The van der Waals surface area contributed by atoms with Crippen molar-refractivity contribution in [3.05, 3.63) is 30.5 Å². The maximum Gasteiger partial charge on any atom is 0.133 e. The van der Waals surface area contributed by atoms with Crippen LogP contribution in [0.3, 0.4) is 0 Å². The Morgan fingerprint density at radius 3 is 2.81 bits per heavy atom. The van der Waals surface area contributed by atoms with Crippen molar-refractivity contribution in [2.45, 2.75) is 31.7 Å². The lowest BCUT2D eigenvalue weighted by molar-refractivity contribution is 0.338. The van der Waals surface area contributed by atoms with Crippen molar-refractivity contribution in [2.75, 3.05) is 19.0 Å². The molecule has 0 amide bonds. The molecule has 0 aliphatic heterocycles. The Hall–Kier alpha value is -1.81. The van der Waals surface area contributed by atoms with Crippen LogP contribution in [-0.2, 0) is 0 Å². The Bertz CT molecular complexity index is 606. The molecule has 3 N–H and O–H groups in total. The summed E-state index contributed by atoms with van der Waals surface area (Å²) >= 11 is 0. The van der Waals surface area contributed by atoms with Gasteiger partial charge in [0.05, 0.1) is 7.11 Å². The van der Waals surface area contributed by atoms with E-state index >= 15 is 0 Å². The molecule has 4 heteroatoms. The van der Waals surface area contributed by atoms with E-state index in [-0.39, 0.29) is 0 Å². The second kappa shape index (κ2) is 6.31. The number of hydrogen-bond donors (Lipinski definition) is 2. The number of benzene rings is 1. The van der Waals surface area contributed by atoms with E-state index in [1.165, 1.54) is 12.8 Å². The lowest BCUT2D eigenvalue weighted by Gasteiger charge is -2.26. The Morgan fingerprint density at radius 2 is 2.05 bits per heavy atom. The summed E-state index contributed by atoms with van der Waals surface area (Å²) < 4.78 is 5.27. The van der Waals surface area contributed by atoms with Crippen molar-refractivity contribution in [2.24, 2.45) is 11.7 Å². The smallest absolute Gasteiger partial charge is 0.133 e. The molecule has 112 valence electrons. The number of fused-ring (bicyclic) bond motifs is 1. The molecular weight excluding hydrogens is 262 g/mol. The first-order valence-electron chi connectivity index (χ1n) is 7.68. The molecule has 2 aromatic rings. The van der Waals surface area contributed by atoms with Crippen molar-refractivity contribution >= 4 is 16.6 Å². The van der Waals surface area contributed by atoms with Crippen LogP contribution in [0.2, 0.25) is 0 Å². The van der Waals surface area contributed by atoms with E-state index in [0.29, 0.717) is 12.0 Å². The third kappa shape index (κ3) is 3.27. The SMILES string of the molecule is COc1ccc2c(NCC3CCC(N)CC3)nccc2c1. The summed E-state index contributed by atoms with van der Waals surface area (Å²) in [6, 6.07) is 8.52. The quantitative estimate of drug-likeness (QED) is 0.906. The highest BCUT2D eigenvalue weighted by Gasteiger charge is 2.18.